The van der Waals surface area contributed by atoms with Crippen LogP contribution in [-0.2, 0) is 0 Å². The molecule has 2 aliphatic heterocycles. The second kappa shape index (κ2) is 33.4. The molecule has 0 saturated heterocycles. The lowest BCUT2D eigenvalue weighted by Gasteiger charge is -2.29. The van der Waals surface area contributed by atoms with Crippen molar-refractivity contribution in [3.05, 3.63) is 317 Å². The largest absolute Gasteiger partial charge is 0.383 e. The smallest absolute Gasteiger partial charge is 0.320 e. The molecule has 105 heavy (non-hydrogen) atoms. The minimum atomic E-state index is 0.0177. The number of allylic oxidation sites excluding steroid dienone is 5. The normalized spacial score (nSPS) is 12.9. The summed E-state index contributed by atoms with van der Waals surface area (Å²) in [5, 5.41) is 19.1. The van der Waals surface area contributed by atoms with Gasteiger partial charge in [-0.15, -0.1) is 5.98 Å². The van der Waals surface area contributed by atoms with Crippen molar-refractivity contribution in [1.29, 1.82) is 0 Å². The molecule has 0 saturated carbocycles. The average molecular weight is 1450 g/mol. The molecule has 0 atom stereocenters. The van der Waals surface area contributed by atoms with Crippen molar-refractivity contribution in [3.63, 3.8) is 0 Å². The van der Waals surface area contributed by atoms with E-state index in [1.54, 1.807) is 0 Å². The van der Waals surface area contributed by atoms with Gasteiger partial charge in [0.2, 0.25) is 6.71 Å². The van der Waals surface area contributed by atoms with Gasteiger partial charge >= 0.3 is 6.85 Å². The maximum Gasteiger partial charge on any atom is 0.320 e. The molecule has 14 rings (SSSR count). The van der Waals surface area contributed by atoms with Crippen LogP contribution in [0.5, 0.6) is 0 Å². The third-order valence-electron chi connectivity index (χ3n) is 20.4. The first-order chi connectivity index (χ1) is 50.6. The number of hydrogen-bond donors (Lipinski definition) is 0. The highest BCUT2D eigenvalue weighted by Gasteiger charge is 2.27. The Labute approximate surface area is 634 Å². The first-order valence-corrected chi connectivity index (χ1v) is 38.7. The molecule has 0 unspecified atom stereocenters. The van der Waals surface area contributed by atoms with E-state index in [1.807, 2.05) is 55.6 Å². The van der Waals surface area contributed by atoms with Crippen LogP contribution in [0.4, 0.5) is 5.69 Å². The van der Waals surface area contributed by atoms with Gasteiger partial charge in [-0.2, -0.15) is 20.4 Å². The molecule has 0 bridgehead atoms. The maximum absolute atomic E-state index is 4.89. The number of aromatic nitrogens is 8. The van der Waals surface area contributed by atoms with Crippen molar-refractivity contribution in [2.24, 2.45) is 0 Å². The van der Waals surface area contributed by atoms with Crippen LogP contribution in [0.1, 0.15) is 203 Å². The van der Waals surface area contributed by atoms with Crippen LogP contribution in [0.15, 0.2) is 272 Å². The van der Waals surface area contributed by atoms with E-state index < -0.39 is 0 Å². The highest BCUT2D eigenvalue weighted by Crippen LogP contribution is 2.41. The molecule has 0 spiro atoms. The molecule has 0 aliphatic carbocycles. The van der Waals surface area contributed by atoms with Crippen molar-refractivity contribution in [2.75, 3.05) is 4.81 Å². The fraction of sp³-hybridized carbons (Fsp3) is 0.269. The minimum Gasteiger partial charge on any atom is -0.383 e. The van der Waals surface area contributed by atoms with E-state index in [-0.39, 0.29) is 6.85 Å². The quantitative estimate of drug-likeness (QED) is 0.0754. The van der Waals surface area contributed by atoms with Crippen LogP contribution in [0.25, 0.3) is 67.3 Å². The fourth-order valence-corrected chi connectivity index (χ4v) is 15.3. The standard InChI is InChI=1S/C46H50BN5.C26H29BN2.C21H23BrN2/c1-31(2)41-19-13-20-42(32(3)4)45(41)35-27-48-51(29-35)39-17-11-15-37(25-39)47-23-9-10-24-50(47)38-16-12-18-40(26-38)52-30-36(28-49-52)46-43(33(5)6)21-14-22-44(46)34(7)8;1-19(2)24-12-9-13-25(20(3)4)26(24)21-17-28-29(18-21)23-11-8-10-22(16-23)27-14-6-5-7-15-27;1-14(2)19-9-6-10-20(15(3)4)21(19)16-12-23-24(13-16)18-8-5-7-17(22)11-18/h9-34H,1-8H3;5-14,16-20H,15H2,1-4H3;5-15H,1-4H3. The Balaban J connectivity index is 0.000000164. The summed E-state index contributed by atoms with van der Waals surface area (Å²) in [5.41, 5.74) is 28.9. The van der Waals surface area contributed by atoms with E-state index in [9.17, 15) is 0 Å². The van der Waals surface area contributed by atoms with Crippen LogP contribution in [-0.4, -0.2) is 52.7 Å². The topological polar surface area (TPSA) is 74.5 Å². The van der Waals surface area contributed by atoms with E-state index in [4.69, 9.17) is 15.3 Å². The van der Waals surface area contributed by atoms with Gasteiger partial charge in [-0.1, -0.05) is 272 Å². The first kappa shape index (κ1) is 74.7. The number of anilines is 1. The minimum absolute atomic E-state index is 0.0177. The summed E-state index contributed by atoms with van der Waals surface area (Å²) in [5.74, 6) is 8.13. The summed E-state index contributed by atoms with van der Waals surface area (Å²) in [4.78, 5) is 2.33. The van der Waals surface area contributed by atoms with E-state index in [0.717, 1.165) is 50.4 Å². The van der Waals surface area contributed by atoms with Gasteiger partial charge in [0.25, 0.3) is 0 Å². The highest BCUT2D eigenvalue weighted by atomic mass is 79.9. The van der Waals surface area contributed by atoms with Crippen molar-refractivity contribution >= 4 is 46.1 Å². The molecule has 0 radical (unpaired) electrons. The average Bonchev–Trinajstić information content (AvgIpc) is 1.74. The third-order valence-corrected chi connectivity index (χ3v) is 20.9. The van der Waals surface area contributed by atoms with Crippen molar-refractivity contribution in [1.82, 2.24) is 39.1 Å². The number of hydrogen-bond acceptors (Lipinski definition) is 5. The predicted octanol–water partition coefficient (Wildman–Crippen LogP) is 23.9. The zero-order chi connectivity index (χ0) is 74.2. The molecule has 6 heterocycles. The molecule has 12 heteroatoms. The number of halogens is 1. The zero-order valence-corrected chi connectivity index (χ0v) is 65.9. The fourth-order valence-electron chi connectivity index (χ4n) is 14.9. The number of benzene rings is 8. The van der Waals surface area contributed by atoms with Gasteiger partial charge in [-0.05, 0) is 199 Å². The molecular formula is C93H102B2BrN9. The molecule has 2 aliphatic rings. The van der Waals surface area contributed by atoms with Crippen LogP contribution in [0, 0.1) is 0 Å². The Morgan fingerprint density at radius 1 is 0.314 bits per heavy atom. The number of rotatable bonds is 19. The molecular weight excluding hydrogens is 1340 g/mol. The summed E-state index contributed by atoms with van der Waals surface area (Å²) in [7, 11) is 0. The molecule has 4 aromatic heterocycles. The van der Waals surface area contributed by atoms with E-state index in [2.05, 4.69) is 368 Å². The van der Waals surface area contributed by atoms with Gasteiger partial charge in [0, 0.05) is 57.2 Å². The molecule has 12 aromatic rings. The van der Waals surface area contributed by atoms with Gasteiger partial charge in [-0.25, -0.2) is 18.7 Å². The third kappa shape index (κ3) is 16.9. The van der Waals surface area contributed by atoms with Crippen LogP contribution in [0.3, 0.4) is 0 Å². The van der Waals surface area contributed by atoms with E-state index in [0.29, 0.717) is 54.1 Å². The molecule has 8 aromatic carbocycles. The molecule has 532 valence electrons. The molecule has 9 nitrogen and oxygen atoms in total. The number of nitrogens with zero attached hydrogens (tertiary/aromatic N) is 9. The Morgan fingerprint density at radius 3 is 0.971 bits per heavy atom. The lowest BCUT2D eigenvalue weighted by atomic mass is 9.42. The summed E-state index contributed by atoms with van der Waals surface area (Å²) < 4.78 is 9.05. The van der Waals surface area contributed by atoms with Crippen LogP contribution in [0.2, 0.25) is 6.32 Å². The Morgan fingerprint density at radius 2 is 0.619 bits per heavy atom. The van der Waals surface area contributed by atoms with Gasteiger partial charge in [0.05, 0.1) is 47.5 Å². The SMILES string of the molecule is CC(C)c1cccc(C(C)C)c1-c1cnn(-c2cccc(B3C=CC=CC3)c2)c1.CC(C)c1cccc(C(C)C)c1-c1cnn(-c2cccc(B3C=CC=CN3c3cccc(-n4cc(-c5c(C(C)C)cccc5C(C)C)cn4)c3)c2)c1.CC(C)c1cccc(C(C)C)c1-c1cnn(-c2cccc(Br)c2)c1. The van der Waals surface area contributed by atoms with E-state index in [1.165, 1.54) is 88.8 Å². The van der Waals surface area contributed by atoms with Crippen LogP contribution < -0.4 is 15.7 Å². The monoisotopic (exact) mass is 1450 g/mol. The van der Waals surface area contributed by atoms with Gasteiger partial charge < -0.3 is 4.81 Å². The summed E-state index contributed by atoms with van der Waals surface area (Å²) in [6, 6.07) is 61.2. The van der Waals surface area contributed by atoms with Crippen molar-refractivity contribution in [2.45, 2.75) is 164 Å². The van der Waals surface area contributed by atoms with Crippen LogP contribution >= 0.6 is 15.9 Å². The lowest BCUT2D eigenvalue weighted by molar-refractivity contribution is 0.838. The Kier molecular flexibility index (Phi) is 23.7. The van der Waals surface area contributed by atoms with E-state index >= 15 is 0 Å². The Bertz CT molecular complexity index is 4840. The first-order valence-electron chi connectivity index (χ1n) is 37.9. The molecule has 0 N–H and O–H groups in total. The second-order valence-electron chi connectivity index (χ2n) is 30.6. The Hall–Kier alpha value is -10.0. The van der Waals surface area contributed by atoms with Crippen molar-refractivity contribution in [3.8, 4) is 67.3 Å². The summed E-state index contributed by atoms with van der Waals surface area (Å²) in [6.07, 6.45) is 30.7. The van der Waals surface area contributed by atoms with Gasteiger partial charge in [0.15, 0.2) is 0 Å². The second-order valence-corrected chi connectivity index (χ2v) is 31.5. The van der Waals surface area contributed by atoms with Gasteiger partial charge in [-0.3, -0.25) is 0 Å². The summed E-state index contributed by atoms with van der Waals surface area (Å²) in [6.45, 7) is 36.7. The zero-order valence-electron chi connectivity index (χ0n) is 64.3. The summed E-state index contributed by atoms with van der Waals surface area (Å²) >= 11 is 3.53. The molecule has 0 fully saturated rings. The maximum atomic E-state index is 4.89. The molecule has 0 amide bonds. The lowest BCUT2D eigenvalue weighted by Crippen LogP contribution is -2.45. The van der Waals surface area contributed by atoms with Crippen molar-refractivity contribution < 1.29 is 0 Å². The predicted molar refractivity (Wildman–Crippen MR) is 451 cm³/mol. The highest BCUT2D eigenvalue weighted by molar-refractivity contribution is 9.10. The van der Waals surface area contributed by atoms with Gasteiger partial charge in [0.1, 0.15) is 0 Å².